The summed E-state index contributed by atoms with van der Waals surface area (Å²) >= 11 is 0. The highest BCUT2D eigenvalue weighted by Gasteiger charge is 2.29. The van der Waals surface area contributed by atoms with Crippen LogP contribution in [0.2, 0.25) is 0 Å². The van der Waals surface area contributed by atoms with Crippen molar-refractivity contribution >= 4 is 21.6 Å². The molecule has 0 bridgehead atoms. The minimum atomic E-state index is -3.74. The van der Waals surface area contributed by atoms with Gasteiger partial charge in [0.15, 0.2) is 0 Å². The van der Waals surface area contributed by atoms with Gasteiger partial charge in [0.2, 0.25) is 15.9 Å². The largest absolute Gasteiger partial charge is 0.337 e. The molecule has 1 aliphatic rings. The van der Waals surface area contributed by atoms with Crippen LogP contribution in [0.25, 0.3) is 0 Å². The van der Waals surface area contributed by atoms with Gasteiger partial charge in [0.05, 0.1) is 9.82 Å². The summed E-state index contributed by atoms with van der Waals surface area (Å²) in [5.41, 5.74) is 0.701. The Morgan fingerprint density at radius 2 is 1.67 bits per heavy atom. The van der Waals surface area contributed by atoms with Crippen LogP contribution >= 0.6 is 0 Å². The van der Waals surface area contributed by atoms with E-state index in [9.17, 15) is 27.7 Å². The monoisotopic (exact) mass is 520 g/mol. The molecule has 0 aliphatic carbocycles. The zero-order chi connectivity index (χ0) is 26.1. The van der Waals surface area contributed by atoms with Crippen molar-refractivity contribution in [2.24, 2.45) is 0 Å². The molecule has 3 rings (SSSR count). The van der Waals surface area contributed by atoms with Crippen molar-refractivity contribution in [3.05, 3.63) is 70.0 Å². The third-order valence-electron chi connectivity index (χ3n) is 6.34. The Labute approximate surface area is 211 Å². The number of rotatable bonds is 12. The van der Waals surface area contributed by atoms with Crippen LogP contribution in [0.3, 0.4) is 0 Å². The SMILES string of the molecule is CCCCCC(=O)N(CCN1CCN(S(=O)(=O)c2ccc([N+](=O)[O-])cc2)CC1)Cc1ccc(F)cc1. The van der Waals surface area contributed by atoms with Gasteiger partial charge in [-0.15, -0.1) is 0 Å². The summed E-state index contributed by atoms with van der Waals surface area (Å²) in [6.07, 6.45) is 3.31. The molecule has 11 heteroatoms. The van der Waals surface area contributed by atoms with E-state index < -0.39 is 14.9 Å². The molecule has 0 radical (unpaired) electrons. The maximum Gasteiger partial charge on any atom is 0.269 e. The maximum atomic E-state index is 13.3. The molecule has 0 spiro atoms. The predicted octanol–water partition coefficient (Wildman–Crippen LogP) is 3.65. The maximum absolute atomic E-state index is 13.3. The number of sulfonamides is 1. The van der Waals surface area contributed by atoms with Gasteiger partial charge < -0.3 is 4.90 Å². The second kappa shape index (κ2) is 12.9. The lowest BCUT2D eigenvalue weighted by Crippen LogP contribution is -2.50. The van der Waals surface area contributed by atoms with Crippen molar-refractivity contribution in [3.8, 4) is 0 Å². The second-order valence-electron chi connectivity index (χ2n) is 8.90. The molecule has 0 N–H and O–H groups in total. The number of non-ortho nitro benzene ring substituents is 1. The highest BCUT2D eigenvalue weighted by atomic mass is 32.2. The summed E-state index contributed by atoms with van der Waals surface area (Å²) in [6.45, 7) is 5.20. The Balaban J connectivity index is 1.56. The average molecular weight is 521 g/mol. The van der Waals surface area contributed by atoms with Crippen LogP contribution in [0.5, 0.6) is 0 Å². The van der Waals surface area contributed by atoms with Crippen molar-refractivity contribution in [1.82, 2.24) is 14.1 Å². The lowest BCUT2D eigenvalue weighted by atomic mass is 10.1. The third-order valence-corrected chi connectivity index (χ3v) is 8.25. The first-order valence-corrected chi connectivity index (χ1v) is 13.6. The average Bonchev–Trinajstić information content (AvgIpc) is 2.88. The fourth-order valence-corrected chi connectivity index (χ4v) is 5.55. The fraction of sp³-hybridized carbons (Fsp3) is 0.480. The molecule has 0 saturated carbocycles. The Hall–Kier alpha value is -2.89. The molecule has 0 atom stereocenters. The molecule has 36 heavy (non-hydrogen) atoms. The molecule has 2 aromatic rings. The number of carbonyl (C=O) groups excluding carboxylic acids is 1. The number of unbranched alkanes of at least 4 members (excludes halogenated alkanes) is 2. The van der Waals surface area contributed by atoms with E-state index in [1.807, 2.05) is 0 Å². The molecule has 0 aromatic heterocycles. The Morgan fingerprint density at radius 3 is 2.25 bits per heavy atom. The third kappa shape index (κ3) is 7.55. The summed E-state index contributed by atoms with van der Waals surface area (Å²) in [7, 11) is -3.74. The summed E-state index contributed by atoms with van der Waals surface area (Å²) < 4.78 is 40.6. The summed E-state index contributed by atoms with van der Waals surface area (Å²) in [5, 5.41) is 10.8. The molecule has 1 aliphatic heterocycles. The Bertz CT molecular complexity index is 1120. The van der Waals surface area contributed by atoms with Crippen LogP contribution < -0.4 is 0 Å². The number of nitro groups is 1. The lowest BCUT2D eigenvalue weighted by Gasteiger charge is -2.35. The van der Waals surface area contributed by atoms with Crippen molar-refractivity contribution in [1.29, 1.82) is 0 Å². The van der Waals surface area contributed by atoms with Gasteiger partial charge in [-0.05, 0) is 36.2 Å². The van der Waals surface area contributed by atoms with Gasteiger partial charge in [-0.2, -0.15) is 4.31 Å². The second-order valence-corrected chi connectivity index (χ2v) is 10.8. The zero-order valence-electron chi connectivity index (χ0n) is 20.5. The summed E-state index contributed by atoms with van der Waals surface area (Å²) in [6, 6.07) is 11.0. The molecule has 196 valence electrons. The Morgan fingerprint density at radius 1 is 1.03 bits per heavy atom. The van der Waals surface area contributed by atoms with Crippen LogP contribution in [0.4, 0.5) is 10.1 Å². The van der Waals surface area contributed by atoms with Gasteiger partial charge in [0, 0.05) is 64.4 Å². The van der Waals surface area contributed by atoms with E-state index >= 15 is 0 Å². The number of nitro benzene ring substituents is 1. The number of amides is 1. The number of hydrogen-bond acceptors (Lipinski definition) is 6. The fourth-order valence-electron chi connectivity index (χ4n) is 4.13. The van der Waals surface area contributed by atoms with E-state index in [1.165, 1.54) is 40.7 Å². The number of carbonyl (C=O) groups is 1. The first-order chi connectivity index (χ1) is 17.2. The van der Waals surface area contributed by atoms with Crippen LogP contribution in [-0.2, 0) is 21.4 Å². The summed E-state index contributed by atoms with van der Waals surface area (Å²) in [5.74, 6) is -0.256. The van der Waals surface area contributed by atoms with Crippen molar-refractivity contribution in [2.75, 3.05) is 39.3 Å². The molecule has 1 amide bonds. The Kier molecular flexibility index (Phi) is 9.91. The lowest BCUT2D eigenvalue weighted by molar-refractivity contribution is -0.384. The molecule has 9 nitrogen and oxygen atoms in total. The van der Waals surface area contributed by atoms with E-state index in [0.717, 1.165) is 24.8 Å². The minimum Gasteiger partial charge on any atom is -0.337 e. The van der Waals surface area contributed by atoms with Gasteiger partial charge in [-0.25, -0.2) is 12.8 Å². The van der Waals surface area contributed by atoms with Crippen molar-refractivity contribution < 1.29 is 22.5 Å². The number of hydrogen-bond donors (Lipinski definition) is 0. The van der Waals surface area contributed by atoms with E-state index in [-0.39, 0.29) is 22.3 Å². The quantitative estimate of drug-likeness (QED) is 0.240. The standard InChI is InChI=1S/C25H33FN4O5S/c1-2-3-4-5-25(31)28(20-21-6-8-22(26)9-7-21)17-14-27-15-18-29(19-16-27)36(34,35)24-12-10-23(11-13-24)30(32)33/h6-13H,2-5,14-20H2,1H3. The highest BCUT2D eigenvalue weighted by Crippen LogP contribution is 2.21. The highest BCUT2D eigenvalue weighted by molar-refractivity contribution is 7.89. The van der Waals surface area contributed by atoms with E-state index in [2.05, 4.69) is 11.8 Å². The number of nitrogens with zero attached hydrogens (tertiary/aromatic N) is 4. The van der Waals surface area contributed by atoms with Crippen LogP contribution in [-0.4, -0.2) is 72.6 Å². The first kappa shape index (κ1) is 27.7. The van der Waals surface area contributed by atoms with Gasteiger partial charge in [0.25, 0.3) is 5.69 Å². The summed E-state index contributed by atoms with van der Waals surface area (Å²) in [4.78, 5) is 27.1. The molecular formula is C25H33FN4O5S. The molecule has 1 saturated heterocycles. The predicted molar refractivity (Wildman–Crippen MR) is 134 cm³/mol. The van der Waals surface area contributed by atoms with Gasteiger partial charge in [-0.1, -0.05) is 31.9 Å². The molecule has 2 aromatic carbocycles. The minimum absolute atomic E-state index is 0.0321. The van der Waals surface area contributed by atoms with Gasteiger partial charge >= 0.3 is 0 Å². The van der Waals surface area contributed by atoms with Crippen LogP contribution in [0.15, 0.2) is 53.4 Å². The first-order valence-electron chi connectivity index (χ1n) is 12.2. The van der Waals surface area contributed by atoms with Gasteiger partial charge in [-0.3, -0.25) is 19.8 Å². The molecule has 1 fully saturated rings. The topological polar surface area (TPSA) is 104 Å². The molecular weight excluding hydrogens is 487 g/mol. The van der Waals surface area contributed by atoms with E-state index in [1.54, 1.807) is 17.0 Å². The van der Waals surface area contributed by atoms with Crippen LogP contribution in [0.1, 0.15) is 38.2 Å². The zero-order valence-corrected chi connectivity index (χ0v) is 21.3. The van der Waals surface area contributed by atoms with Gasteiger partial charge in [0.1, 0.15) is 5.82 Å². The smallest absolute Gasteiger partial charge is 0.269 e. The number of benzene rings is 2. The number of piperazine rings is 1. The van der Waals surface area contributed by atoms with Crippen molar-refractivity contribution in [2.45, 2.75) is 44.0 Å². The van der Waals surface area contributed by atoms with Crippen molar-refractivity contribution in [3.63, 3.8) is 0 Å². The number of halogens is 1. The van der Waals surface area contributed by atoms with E-state index in [0.29, 0.717) is 52.2 Å². The van der Waals surface area contributed by atoms with Crippen LogP contribution in [0, 0.1) is 15.9 Å². The normalized spacial score (nSPS) is 15.1. The molecule has 0 unspecified atom stereocenters. The molecule has 1 heterocycles. The van der Waals surface area contributed by atoms with E-state index in [4.69, 9.17) is 0 Å².